The molecule has 3 aromatic rings. The van der Waals surface area contributed by atoms with E-state index in [2.05, 4.69) is 9.97 Å². The topological polar surface area (TPSA) is 125 Å². The van der Waals surface area contributed by atoms with Crippen LogP contribution < -0.4 is 0 Å². The Morgan fingerprint density at radius 3 is 2.57 bits per heavy atom. The first-order valence-corrected chi connectivity index (χ1v) is 5.70. The number of nitro benzene ring substituents is 1. The van der Waals surface area contributed by atoms with Gasteiger partial charge in [0.05, 0.1) is 39.4 Å². The molecule has 0 saturated heterocycles. The summed E-state index contributed by atoms with van der Waals surface area (Å²) in [5, 5.41) is 21.6. The van der Waals surface area contributed by atoms with Crippen molar-refractivity contribution in [1.29, 1.82) is 0 Å². The highest BCUT2D eigenvalue weighted by molar-refractivity contribution is 5.79. The van der Waals surface area contributed by atoms with Crippen molar-refractivity contribution in [2.24, 2.45) is 0 Å². The fourth-order valence-corrected chi connectivity index (χ4v) is 1.86. The van der Waals surface area contributed by atoms with Crippen molar-refractivity contribution in [3.8, 4) is 11.5 Å². The van der Waals surface area contributed by atoms with Crippen molar-refractivity contribution in [1.82, 2.24) is 9.97 Å². The second-order valence-electron chi connectivity index (χ2n) is 4.08. The summed E-state index contributed by atoms with van der Waals surface area (Å²) in [6.45, 7) is 0. The molecule has 2 heterocycles. The molecule has 0 N–H and O–H groups in total. The van der Waals surface area contributed by atoms with Crippen molar-refractivity contribution in [2.45, 2.75) is 0 Å². The van der Waals surface area contributed by atoms with Gasteiger partial charge in [-0.15, -0.1) is 0 Å². The lowest BCUT2D eigenvalue weighted by molar-refractivity contribution is -0.384. The Bertz CT molecular complexity index is 873. The molecular weight excluding hydrogens is 280 g/mol. The van der Waals surface area contributed by atoms with Crippen LogP contribution in [0.4, 0.5) is 11.4 Å². The van der Waals surface area contributed by atoms with E-state index in [1.165, 1.54) is 36.7 Å². The van der Waals surface area contributed by atoms with E-state index < -0.39 is 9.85 Å². The lowest BCUT2D eigenvalue weighted by Gasteiger charge is -2.00. The summed E-state index contributed by atoms with van der Waals surface area (Å²) in [6.07, 6.45) is 2.49. The molecular formula is C12H6N4O5. The molecule has 0 bridgehead atoms. The largest absolute Gasteiger partial charge is 0.455 e. The van der Waals surface area contributed by atoms with Gasteiger partial charge in [-0.05, 0) is 6.07 Å². The number of aromatic nitrogens is 2. The second-order valence-corrected chi connectivity index (χ2v) is 4.08. The molecule has 2 aromatic heterocycles. The van der Waals surface area contributed by atoms with E-state index in [1.807, 2.05) is 0 Å². The van der Waals surface area contributed by atoms with Crippen LogP contribution in [0.15, 0.2) is 41.1 Å². The van der Waals surface area contributed by atoms with Gasteiger partial charge in [-0.3, -0.25) is 25.2 Å². The number of rotatable bonds is 3. The molecule has 9 nitrogen and oxygen atoms in total. The molecule has 1 aromatic carbocycles. The van der Waals surface area contributed by atoms with E-state index >= 15 is 0 Å². The summed E-state index contributed by atoms with van der Waals surface area (Å²) < 4.78 is 5.06. The van der Waals surface area contributed by atoms with E-state index in [4.69, 9.17) is 4.42 Å². The molecule has 0 fully saturated rings. The molecule has 9 heteroatoms. The monoisotopic (exact) mass is 286 g/mol. The van der Waals surface area contributed by atoms with Crippen molar-refractivity contribution < 1.29 is 14.3 Å². The molecule has 0 spiro atoms. The Labute approximate surface area is 116 Å². The Hall–Kier alpha value is -3.36. The number of benzene rings is 1. The van der Waals surface area contributed by atoms with Crippen LogP contribution in [-0.4, -0.2) is 19.8 Å². The van der Waals surface area contributed by atoms with E-state index in [9.17, 15) is 20.2 Å². The smallest absolute Gasteiger partial charge is 0.316 e. The lowest BCUT2D eigenvalue weighted by Crippen LogP contribution is -1.93. The zero-order valence-electron chi connectivity index (χ0n) is 10.3. The average Bonchev–Trinajstić information content (AvgIpc) is 2.95. The fraction of sp³-hybridized carbons (Fsp3) is 0. The fourth-order valence-electron chi connectivity index (χ4n) is 1.86. The highest BCUT2D eigenvalue weighted by Crippen LogP contribution is 2.30. The Balaban J connectivity index is 2.17. The number of non-ortho nitro benzene ring substituents is 1. The summed E-state index contributed by atoms with van der Waals surface area (Å²) in [4.78, 5) is 28.7. The van der Waals surface area contributed by atoms with Crippen LogP contribution in [0, 0.1) is 20.2 Å². The number of nitro groups is 2. The van der Waals surface area contributed by atoms with E-state index in [0.717, 1.165) is 0 Å². The third kappa shape index (κ3) is 2.16. The van der Waals surface area contributed by atoms with E-state index in [-0.39, 0.29) is 28.3 Å². The van der Waals surface area contributed by atoms with Crippen molar-refractivity contribution >= 4 is 22.4 Å². The van der Waals surface area contributed by atoms with Gasteiger partial charge in [-0.2, -0.15) is 0 Å². The Morgan fingerprint density at radius 1 is 1.05 bits per heavy atom. The van der Waals surface area contributed by atoms with Gasteiger partial charge in [0.2, 0.25) is 5.76 Å². The van der Waals surface area contributed by atoms with Gasteiger partial charge in [0, 0.05) is 12.1 Å². The number of furan rings is 1. The van der Waals surface area contributed by atoms with Crippen LogP contribution in [0.3, 0.4) is 0 Å². The number of nitrogens with zero attached hydrogens (tertiary/aromatic N) is 4. The third-order valence-electron chi connectivity index (χ3n) is 2.81. The molecule has 0 aliphatic carbocycles. The summed E-state index contributed by atoms with van der Waals surface area (Å²) >= 11 is 0. The highest BCUT2D eigenvalue weighted by atomic mass is 16.6. The minimum absolute atomic E-state index is 0.0408. The van der Waals surface area contributed by atoms with Gasteiger partial charge in [0.25, 0.3) is 5.69 Å². The van der Waals surface area contributed by atoms with E-state index in [1.54, 1.807) is 0 Å². The maximum absolute atomic E-state index is 10.9. The second kappa shape index (κ2) is 4.63. The first kappa shape index (κ1) is 12.7. The maximum atomic E-state index is 10.9. The average molecular weight is 286 g/mol. The summed E-state index contributed by atoms with van der Waals surface area (Å²) in [6, 6.07) is 5.22. The molecule has 0 amide bonds. The molecule has 0 aliphatic rings. The lowest BCUT2D eigenvalue weighted by atomic mass is 10.2. The summed E-state index contributed by atoms with van der Waals surface area (Å²) in [7, 11) is 0. The molecule has 3 rings (SSSR count). The number of fused-ring (bicyclic) bond motifs is 1. The summed E-state index contributed by atoms with van der Waals surface area (Å²) in [5.74, 6) is -0.0408. The zero-order chi connectivity index (χ0) is 15.0. The van der Waals surface area contributed by atoms with Gasteiger partial charge >= 0.3 is 5.69 Å². The molecule has 21 heavy (non-hydrogen) atoms. The van der Waals surface area contributed by atoms with Crippen LogP contribution in [0.2, 0.25) is 0 Å². The van der Waals surface area contributed by atoms with Crippen molar-refractivity contribution in [2.75, 3.05) is 0 Å². The standard InChI is InChI=1S/C12H6N4O5/c17-15(18)7-1-2-8-9(5-7)14-10(6-13-8)12-11(16(19)20)3-4-21-12/h1-6H. The van der Waals surface area contributed by atoms with Crippen molar-refractivity contribution in [3.63, 3.8) is 0 Å². The van der Waals surface area contributed by atoms with Gasteiger partial charge in [-0.1, -0.05) is 0 Å². The molecule has 0 saturated carbocycles. The number of hydrogen-bond donors (Lipinski definition) is 0. The highest BCUT2D eigenvalue weighted by Gasteiger charge is 2.21. The Morgan fingerprint density at radius 2 is 1.86 bits per heavy atom. The van der Waals surface area contributed by atoms with Crippen molar-refractivity contribution in [3.05, 3.63) is 57.0 Å². The number of hydrogen-bond acceptors (Lipinski definition) is 7. The first-order chi connectivity index (χ1) is 10.1. The predicted octanol–water partition coefficient (Wildman–Crippen LogP) is 2.71. The van der Waals surface area contributed by atoms with Crippen LogP contribution in [0.1, 0.15) is 0 Å². The minimum atomic E-state index is -0.599. The third-order valence-corrected chi connectivity index (χ3v) is 2.81. The summed E-state index contributed by atoms with van der Waals surface area (Å²) in [5.41, 5.74) is 0.461. The van der Waals surface area contributed by atoms with Gasteiger partial charge in [0.15, 0.2) is 0 Å². The normalized spacial score (nSPS) is 10.7. The predicted molar refractivity (Wildman–Crippen MR) is 70.5 cm³/mol. The molecule has 0 unspecified atom stereocenters. The molecule has 0 atom stereocenters. The molecule has 104 valence electrons. The van der Waals surface area contributed by atoms with Gasteiger partial charge < -0.3 is 4.42 Å². The maximum Gasteiger partial charge on any atom is 0.316 e. The minimum Gasteiger partial charge on any atom is -0.455 e. The van der Waals surface area contributed by atoms with Crippen LogP contribution in [0.25, 0.3) is 22.5 Å². The SMILES string of the molecule is O=[N+]([O-])c1ccc2ncc(-c3occc3[N+](=O)[O-])nc2c1. The van der Waals surface area contributed by atoms with Gasteiger partial charge in [-0.25, -0.2) is 4.98 Å². The van der Waals surface area contributed by atoms with Crippen LogP contribution in [-0.2, 0) is 0 Å². The van der Waals surface area contributed by atoms with Crippen LogP contribution >= 0.6 is 0 Å². The molecule has 0 radical (unpaired) electrons. The quantitative estimate of drug-likeness (QED) is 0.535. The van der Waals surface area contributed by atoms with Gasteiger partial charge in [0.1, 0.15) is 5.69 Å². The van der Waals surface area contributed by atoms with Crippen LogP contribution in [0.5, 0.6) is 0 Å². The zero-order valence-corrected chi connectivity index (χ0v) is 10.3. The molecule has 0 aliphatic heterocycles. The first-order valence-electron chi connectivity index (χ1n) is 5.70. The van der Waals surface area contributed by atoms with E-state index in [0.29, 0.717) is 5.52 Å². The Kier molecular flexibility index (Phi) is 2.79.